The molecule has 2 N–H and O–H groups in total. The molecule has 20 heavy (non-hydrogen) atoms. The molecule has 1 aromatic carbocycles. The maximum absolute atomic E-state index is 5.74. The van der Waals surface area contributed by atoms with Crippen LogP contribution in [0, 0.1) is 11.8 Å². The Morgan fingerprint density at radius 1 is 1.00 bits per heavy atom. The average Bonchev–Trinajstić information content (AvgIpc) is 2.35. The van der Waals surface area contributed by atoms with E-state index in [9.17, 15) is 0 Å². The molecule has 0 amide bonds. The molecule has 0 bridgehead atoms. The molecule has 1 rings (SSSR count). The van der Waals surface area contributed by atoms with Gasteiger partial charge < -0.3 is 15.4 Å². The second kappa shape index (κ2) is 8.85. The van der Waals surface area contributed by atoms with Gasteiger partial charge in [-0.15, -0.1) is 0 Å². The Hall–Kier alpha value is -1.22. The zero-order valence-corrected chi connectivity index (χ0v) is 13.4. The van der Waals surface area contributed by atoms with Gasteiger partial charge in [0.25, 0.3) is 0 Å². The summed E-state index contributed by atoms with van der Waals surface area (Å²) >= 11 is 0. The predicted molar refractivity (Wildman–Crippen MR) is 87.1 cm³/mol. The highest BCUT2D eigenvalue weighted by Crippen LogP contribution is 2.13. The zero-order chi connectivity index (χ0) is 15.0. The highest BCUT2D eigenvalue weighted by molar-refractivity contribution is 5.41. The maximum Gasteiger partial charge on any atom is 0.119 e. The van der Waals surface area contributed by atoms with Gasteiger partial charge in [-0.25, -0.2) is 0 Å². The van der Waals surface area contributed by atoms with E-state index in [4.69, 9.17) is 10.5 Å². The molecule has 0 saturated carbocycles. The van der Waals surface area contributed by atoms with Crippen molar-refractivity contribution in [2.75, 3.05) is 32.0 Å². The number of hydrogen-bond acceptors (Lipinski definition) is 3. The van der Waals surface area contributed by atoms with E-state index in [1.54, 1.807) is 0 Å². The van der Waals surface area contributed by atoms with Gasteiger partial charge in [-0.05, 0) is 42.5 Å². The number of nitrogens with zero attached hydrogens (tertiary/aromatic N) is 1. The lowest BCUT2D eigenvalue weighted by Gasteiger charge is -2.26. The lowest BCUT2D eigenvalue weighted by atomic mass is 10.1. The van der Waals surface area contributed by atoms with Gasteiger partial charge in [0.1, 0.15) is 5.75 Å². The molecule has 0 radical (unpaired) electrons. The smallest absolute Gasteiger partial charge is 0.119 e. The molecule has 0 unspecified atom stereocenters. The molecule has 0 fully saturated rings. The molecule has 0 heterocycles. The summed E-state index contributed by atoms with van der Waals surface area (Å²) in [5, 5.41) is 0. The van der Waals surface area contributed by atoms with Gasteiger partial charge in [0.15, 0.2) is 0 Å². The van der Waals surface area contributed by atoms with Crippen molar-refractivity contribution in [1.29, 1.82) is 0 Å². The second-order valence-electron chi connectivity index (χ2n) is 6.32. The van der Waals surface area contributed by atoms with Crippen molar-refractivity contribution < 1.29 is 4.74 Å². The van der Waals surface area contributed by atoms with Crippen molar-refractivity contribution in [2.24, 2.45) is 11.8 Å². The van der Waals surface area contributed by atoms with Crippen LogP contribution >= 0.6 is 0 Å². The van der Waals surface area contributed by atoms with Crippen LogP contribution in [0.5, 0.6) is 5.75 Å². The van der Waals surface area contributed by atoms with Crippen LogP contribution in [0.1, 0.15) is 34.1 Å². The summed E-state index contributed by atoms with van der Waals surface area (Å²) in [5.41, 5.74) is 6.43. The minimum atomic E-state index is 0.715. The molecule has 114 valence electrons. The molecule has 3 heteroatoms. The average molecular weight is 278 g/mol. The minimum Gasteiger partial charge on any atom is -0.494 e. The summed E-state index contributed by atoms with van der Waals surface area (Å²) in [6.07, 6.45) is 1.06. The van der Waals surface area contributed by atoms with Crippen LogP contribution in [0.2, 0.25) is 0 Å². The van der Waals surface area contributed by atoms with E-state index in [0.717, 1.165) is 31.0 Å². The van der Waals surface area contributed by atoms with Crippen LogP contribution in [-0.2, 0) is 0 Å². The number of nitrogens with two attached hydrogens (primary N) is 1. The SMILES string of the molecule is CC(C)CN(CCCOc1ccc(N)cc1)CC(C)C. The van der Waals surface area contributed by atoms with Crippen molar-refractivity contribution >= 4 is 5.69 Å². The minimum absolute atomic E-state index is 0.715. The van der Waals surface area contributed by atoms with Gasteiger partial charge in [-0.3, -0.25) is 0 Å². The standard InChI is InChI=1S/C17H30N2O/c1-14(2)12-19(13-15(3)4)10-5-11-20-17-8-6-16(18)7-9-17/h6-9,14-15H,5,10-13,18H2,1-4H3. The number of nitrogen functional groups attached to an aromatic ring is 1. The van der Waals surface area contributed by atoms with Crippen LogP contribution in [0.3, 0.4) is 0 Å². The predicted octanol–water partition coefficient (Wildman–Crippen LogP) is 3.65. The fraction of sp³-hybridized carbons (Fsp3) is 0.647. The Bertz CT molecular complexity index is 350. The molecule has 0 spiro atoms. The second-order valence-corrected chi connectivity index (χ2v) is 6.32. The van der Waals surface area contributed by atoms with Gasteiger partial charge in [0, 0.05) is 25.3 Å². The quantitative estimate of drug-likeness (QED) is 0.553. The van der Waals surface area contributed by atoms with Crippen molar-refractivity contribution in [3.05, 3.63) is 24.3 Å². The lowest BCUT2D eigenvalue weighted by molar-refractivity contribution is 0.198. The molecule has 0 aliphatic carbocycles. The van der Waals surface area contributed by atoms with Crippen molar-refractivity contribution in [3.63, 3.8) is 0 Å². The first-order valence-electron chi connectivity index (χ1n) is 7.68. The largest absolute Gasteiger partial charge is 0.494 e. The van der Waals surface area contributed by atoms with E-state index in [0.29, 0.717) is 11.8 Å². The molecule has 1 aromatic rings. The molecule has 3 nitrogen and oxygen atoms in total. The van der Waals surface area contributed by atoms with Crippen LogP contribution in [0.4, 0.5) is 5.69 Å². The van der Waals surface area contributed by atoms with E-state index in [2.05, 4.69) is 32.6 Å². The van der Waals surface area contributed by atoms with Crippen LogP contribution in [-0.4, -0.2) is 31.1 Å². The summed E-state index contributed by atoms with van der Waals surface area (Å²) in [5.74, 6) is 2.33. The Kier molecular flexibility index (Phi) is 7.45. The van der Waals surface area contributed by atoms with Crippen molar-refractivity contribution in [1.82, 2.24) is 4.90 Å². The Labute approximate surface area is 124 Å². The van der Waals surface area contributed by atoms with Crippen LogP contribution in [0.25, 0.3) is 0 Å². The van der Waals surface area contributed by atoms with Crippen molar-refractivity contribution in [3.8, 4) is 5.75 Å². The van der Waals surface area contributed by atoms with Gasteiger partial charge in [0.2, 0.25) is 0 Å². The van der Waals surface area contributed by atoms with E-state index in [1.807, 2.05) is 24.3 Å². The number of rotatable bonds is 9. The molecular formula is C17H30N2O. The van der Waals surface area contributed by atoms with Gasteiger partial charge >= 0.3 is 0 Å². The molecular weight excluding hydrogens is 248 g/mol. The lowest BCUT2D eigenvalue weighted by Crippen LogP contribution is -2.33. The molecule has 0 atom stereocenters. The van der Waals surface area contributed by atoms with Gasteiger partial charge in [-0.1, -0.05) is 27.7 Å². The van der Waals surface area contributed by atoms with E-state index < -0.39 is 0 Å². The summed E-state index contributed by atoms with van der Waals surface area (Å²) in [7, 11) is 0. The first kappa shape index (κ1) is 16.8. The third-order valence-corrected chi connectivity index (χ3v) is 3.01. The monoisotopic (exact) mass is 278 g/mol. The van der Waals surface area contributed by atoms with E-state index in [-0.39, 0.29) is 0 Å². The number of anilines is 1. The fourth-order valence-corrected chi connectivity index (χ4v) is 2.33. The van der Waals surface area contributed by atoms with Crippen LogP contribution < -0.4 is 10.5 Å². The number of hydrogen-bond donors (Lipinski definition) is 1. The fourth-order valence-electron chi connectivity index (χ4n) is 2.33. The number of ether oxygens (including phenoxy) is 1. The third kappa shape index (κ3) is 7.39. The van der Waals surface area contributed by atoms with E-state index >= 15 is 0 Å². The number of benzene rings is 1. The molecule has 0 saturated heterocycles. The Morgan fingerprint density at radius 2 is 1.55 bits per heavy atom. The summed E-state index contributed by atoms with van der Waals surface area (Å²) in [4.78, 5) is 2.54. The van der Waals surface area contributed by atoms with Crippen molar-refractivity contribution in [2.45, 2.75) is 34.1 Å². The van der Waals surface area contributed by atoms with Gasteiger partial charge in [-0.2, -0.15) is 0 Å². The van der Waals surface area contributed by atoms with Crippen LogP contribution in [0.15, 0.2) is 24.3 Å². The first-order chi connectivity index (χ1) is 9.47. The zero-order valence-electron chi connectivity index (χ0n) is 13.4. The Balaban J connectivity index is 2.27. The summed E-state index contributed by atoms with van der Waals surface area (Å²) in [6, 6.07) is 7.60. The van der Waals surface area contributed by atoms with E-state index in [1.165, 1.54) is 13.1 Å². The first-order valence-corrected chi connectivity index (χ1v) is 7.68. The maximum atomic E-state index is 5.74. The topological polar surface area (TPSA) is 38.5 Å². The normalized spacial score (nSPS) is 11.6. The summed E-state index contributed by atoms with van der Waals surface area (Å²) < 4.78 is 5.74. The third-order valence-electron chi connectivity index (χ3n) is 3.01. The molecule has 0 aliphatic heterocycles. The Morgan fingerprint density at radius 3 is 2.05 bits per heavy atom. The molecule has 0 aromatic heterocycles. The highest BCUT2D eigenvalue weighted by atomic mass is 16.5. The summed E-state index contributed by atoms with van der Waals surface area (Å²) in [6.45, 7) is 13.3. The van der Waals surface area contributed by atoms with Gasteiger partial charge in [0.05, 0.1) is 6.61 Å². The molecule has 0 aliphatic rings. The highest BCUT2D eigenvalue weighted by Gasteiger charge is 2.09.